The topological polar surface area (TPSA) is 79.2 Å². The van der Waals surface area contributed by atoms with Gasteiger partial charge in [-0.25, -0.2) is 15.0 Å². The lowest BCUT2D eigenvalue weighted by Gasteiger charge is -2.32. The number of carbonyl (C=O) groups is 1. The molecular weight excluding hydrogens is 450 g/mol. The summed E-state index contributed by atoms with van der Waals surface area (Å²) >= 11 is 0. The van der Waals surface area contributed by atoms with Gasteiger partial charge in [0, 0.05) is 51.6 Å². The maximum atomic E-state index is 12.8. The minimum absolute atomic E-state index is 0.0730. The van der Waals surface area contributed by atoms with E-state index >= 15 is 0 Å². The molecule has 1 amide bonds. The van der Waals surface area contributed by atoms with E-state index in [-0.39, 0.29) is 11.8 Å². The zero-order valence-corrected chi connectivity index (χ0v) is 21.5. The van der Waals surface area contributed by atoms with Gasteiger partial charge in [0.05, 0.1) is 0 Å². The first-order valence-electron chi connectivity index (χ1n) is 13.7. The highest BCUT2D eigenvalue weighted by atomic mass is 16.1. The van der Waals surface area contributed by atoms with E-state index in [0.29, 0.717) is 0 Å². The molecule has 3 aromatic rings. The summed E-state index contributed by atoms with van der Waals surface area (Å²) in [5.41, 5.74) is 3.22. The molecule has 0 aliphatic carbocycles. The van der Waals surface area contributed by atoms with Gasteiger partial charge in [0.15, 0.2) is 17.0 Å². The van der Waals surface area contributed by atoms with Gasteiger partial charge >= 0.3 is 0 Å². The van der Waals surface area contributed by atoms with Gasteiger partial charge in [-0.15, -0.1) is 0 Å². The number of carbonyl (C=O) groups excluding carboxylic acids is 1. The molecular formula is C28H39N7O. The van der Waals surface area contributed by atoms with Gasteiger partial charge in [0.25, 0.3) is 0 Å². The molecule has 2 aliphatic heterocycles. The summed E-state index contributed by atoms with van der Waals surface area (Å²) in [6.07, 6.45) is 8.98. The van der Waals surface area contributed by atoms with Gasteiger partial charge in [-0.05, 0) is 44.2 Å². The van der Waals surface area contributed by atoms with Gasteiger partial charge in [-0.1, -0.05) is 43.7 Å². The Labute approximate surface area is 214 Å². The van der Waals surface area contributed by atoms with E-state index in [1.165, 1.54) is 24.8 Å². The van der Waals surface area contributed by atoms with Crippen molar-refractivity contribution in [2.24, 2.45) is 5.92 Å². The van der Waals surface area contributed by atoms with E-state index in [0.717, 1.165) is 94.3 Å². The van der Waals surface area contributed by atoms with E-state index in [1.807, 2.05) is 0 Å². The number of aromatic nitrogens is 4. The van der Waals surface area contributed by atoms with E-state index in [4.69, 9.17) is 4.98 Å². The lowest BCUT2D eigenvalue weighted by atomic mass is 9.96. The van der Waals surface area contributed by atoms with Crippen molar-refractivity contribution >= 4 is 22.9 Å². The van der Waals surface area contributed by atoms with Crippen LogP contribution in [0.5, 0.6) is 0 Å². The van der Waals surface area contributed by atoms with Crippen LogP contribution >= 0.6 is 0 Å². The summed E-state index contributed by atoms with van der Waals surface area (Å²) in [6.45, 7) is 8.53. The number of amides is 1. The van der Waals surface area contributed by atoms with E-state index < -0.39 is 0 Å². The first-order valence-corrected chi connectivity index (χ1v) is 13.7. The van der Waals surface area contributed by atoms with Crippen molar-refractivity contribution < 1.29 is 4.79 Å². The Morgan fingerprint density at radius 3 is 2.72 bits per heavy atom. The number of imidazole rings is 1. The monoisotopic (exact) mass is 489 g/mol. The van der Waals surface area contributed by atoms with Crippen LogP contribution in [0.2, 0.25) is 0 Å². The fourth-order valence-corrected chi connectivity index (χ4v) is 5.56. The largest absolute Gasteiger partial charge is 0.356 e. The fraction of sp³-hybridized carbons (Fsp3) is 0.571. The van der Waals surface area contributed by atoms with Crippen LogP contribution in [0.1, 0.15) is 56.8 Å². The molecule has 36 heavy (non-hydrogen) atoms. The van der Waals surface area contributed by atoms with Crippen LogP contribution in [0.4, 0.5) is 5.82 Å². The van der Waals surface area contributed by atoms with Gasteiger partial charge < -0.3 is 14.8 Å². The SMILES string of the molecule is CCN(CCCNC(=O)C1CCN(c2ncnc3c2nc2n3CCCCC2)CC1)Cc1ccccc1. The number of nitrogens with zero attached hydrogens (tertiary/aromatic N) is 6. The zero-order chi connectivity index (χ0) is 24.7. The summed E-state index contributed by atoms with van der Waals surface area (Å²) in [5.74, 6) is 2.34. The van der Waals surface area contributed by atoms with Crippen molar-refractivity contribution in [3.05, 3.63) is 48.0 Å². The summed E-state index contributed by atoms with van der Waals surface area (Å²) in [5, 5.41) is 3.19. The average Bonchev–Trinajstić information content (AvgIpc) is 3.11. The molecule has 0 saturated carbocycles. The first kappa shape index (κ1) is 24.7. The number of hydrogen-bond acceptors (Lipinski definition) is 6. The Bertz CT molecular complexity index is 1140. The molecule has 0 unspecified atom stereocenters. The molecule has 1 aromatic carbocycles. The third kappa shape index (κ3) is 5.69. The summed E-state index contributed by atoms with van der Waals surface area (Å²) in [4.78, 5) is 31.7. The Morgan fingerprint density at radius 1 is 1.08 bits per heavy atom. The zero-order valence-electron chi connectivity index (χ0n) is 21.5. The van der Waals surface area contributed by atoms with Crippen LogP contribution in [0.25, 0.3) is 11.2 Å². The lowest BCUT2D eigenvalue weighted by molar-refractivity contribution is -0.125. The number of aryl methyl sites for hydroxylation is 2. The van der Waals surface area contributed by atoms with Crippen LogP contribution < -0.4 is 10.2 Å². The van der Waals surface area contributed by atoms with Crippen molar-refractivity contribution in [2.75, 3.05) is 37.6 Å². The summed E-state index contributed by atoms with van der Waals surface area (Å²) in [6, 6.07) is 10.6. The molecule has 8 heteroatoms. The van der Waals surface area contributed by atoms with Crippen LogP contribution in [-0.2, 0) is 24.3 Å². The Morgan fingerprint density at radius 2 is 1.92 bits per heavy atom. The van der Waals surface area contributed by atoms with E-state index in [1.54, 1.807) is 6.33 Å². The van der Waals surface area contributed by atoms with Crippen molar-refractivity contribution in [3.63, 3.8) is 0 Å². The number of piperidine rings is 1. The molecule has 1 fully saturated rings. The van der Waals surface area contributed by atoms with Gasteiger partial charge in [0.1, 0.15) is 12.2 Å². The summed E-state index contributed by atoms with van der Waals surface area (Å²) < 4.78 is 2.28. The number of hydrogen-bond donors (Lipinski definition) is 1. The number of rotatable bonds is 9. The van der Waals surface area contributed by atoms with E-state index in [9.17, 15) is 4.79 Å². The Balaban J connectivity index is 1.09. The number of fused-ring (bicyclic) bond motifs is 3. The quantitative estimate of drug-likeness (QED) is 0.461. The van der Waals surface area contributed by atoms with Gasteiger partial charge in [-0.2, -0.15) is 0 Å². The molecule has 0 atom stereocenters. The molecule has 1 N–H and O–H groups in total. The Kier molecular flexibility index (Phi) is 8.11. The van der Waals surface area contributed by atoms with Gasteiger partial charge in [0.2, 0.25) is 5.91 Å². The molecule has 5 rings (SSSR count). The third-order valence-corrected chi connectivity index (χ3v) is 7.69. The number of benzene rings is 1. The molecule has 2 aliphatic rings. The predicted octanol–water partition coefficient (Wildman–Crippen LogP) is 3.80. The highest BCUT2D eigenvalue weighted by molar-refractivity contribution is 5.84. The van der Waals surface area contributed by atoms with Crippen molar-refractivity contribution in [1.29, 1.82) is 0 Å². The molecule has 192 valence electrons. The minimum Gasteiger partial charge on any atom is -0.356 e. The van der Waals surface area contributed by atoms with Crippen molar-refractivity contribution in [3.8, 4) is 0 Å². The molecule has 0 bridgehead atoms. The number of anilines is 1. The molecule has 0 spiro atoms. The van der Waals surface area contributed by atoms with Crippen LogP contribution in [0, 0.1) is 5.92 Å². The average molecular weight is 490 g/mol. The van der Waals surface area contributed by atoms with Crippen molar-refractivity contribution in [1.82, 2.24) is 29.7 Å². The summed E-state index contributed by atoms with van der Waals surface area (Å²) in [7, 11) is 0. The van der Waals surface area contributed by atoms with Crippen molar-refractivity contribution in [2.45, 2.75) is 65.0 Å². The normalized spacial score (nSPS) is 16.8. The standard InChI is InChI=1S/C28H39N7O/c1-2-33(20-22-10-5-3-6-11-22)16-9-15-29-28(36)23-13-18-34(19-14-23)26-25-27(31-21-30-26)35-17-8-4-7-12-24(35)32-25/h3,5-6,10-11,21,23H,2,4,7-9,12-20H2,1H3,(H,29,36). The second kappa shape index (κ2) is 11.8. The molecule has 1 saturated heterocycles. The maximum absolute atomic E-state index is 12.8. The smallest absolute Gasteiger partial charge is 0.223 e. The molecule has 2 aromatic heterocycles. The molecule has 8 nitrogen and oxygen atoms in total. The molecule has 0 radical (unpaired) electrons. The highest BCUT2D eigenvalue weighted by Crippen LogP contribution is 2.29. The highest BCUT2D eigenvalue weighted by Gasteiger charge is 2.28. The van der Waals surface area contributed by atoms with Crippen LogP contribution in [0.15, 0.2) is 36.7 Å². The fourth-order valence-electron chi connectivity index (χ4n) is 5.56. The molecule has 4 heterocycles. The van der Waals surface area contributed by atoms with Gasteiger partial charge in [-0.3, -0.25) is 9.69 Å². The number of nitrogens with one attached hydrogen (secondary N) is 1. The maximum Gasteiger partial charge on any atom is 0.223 e. The lowest BCUT2D eigenvalue weighted by Crippen LogP contribution is -2.41. The third-order valence-electron chi connectivity index (χ3n) is 7.69. The predicted molar refractivity (Wildman–Crippen MR) is 143 cm³/mol. The second-order valence-corrected chi connectivity index (χ2v) is 10.1. The first-order chi connectivity index (χ1) is 17.7. The second-order valence-electron chi connectivity index (χ2n) is 10.1. The van der Waals surface area contributed by atoms with Crippen LogP contribution in [0.3, 0.4) is 0 Å². The van der Waals surface area contributed by atoms with E-state index in [2.05, 4.69) is 66.9 Å². The van der Waals surface area contributed by atoms with Crippen LogP contribution in [-0.4, -0.2) is 63.0 Å². The Hall–Kier alpha value is -3.00. The minimum atomic E-state index is 0.0730.